The Morgan fingerprint density at radius 3 is 3.00 bits per heavy atom. The quantitative estimate of drug-likeness (QED) is 0.608. The van der Waals surface area contributed by atoms with E-state index in [1.165, 1.54) is 7.11 Å². The number of rotatable bonds is 2. The van der Waals surface area contributed by atoms with E-state index in [9.17, 15) is 4.79 Å². The van der Waals surface area contributed by atoms with Crippen molar-refractivity contribution in [3.05, 3.63) is 29.0 Å². The molecule has 0 saturated heterocycles. The molecule has 2 aromatic heterocycles. The molecule has 0 aliphatic heterocycles. The molecular weight excluding hydrogens is 240 g/mol. The first-order chi connectivity index (χ1) is 8.20. The zero-order valence-electron chi connectivity index (χ0n) is 9.31. The maximum atomic E-state index is 11.7. The summed E-state index contributed by atoms with van der Waals surface area (Å²) in [6, 6.07) is 3.94. The van der Waals surface area contributed by atoms with E-state index in [2.05, 4.69) is 9.55 Å². The van der Waals surface area contributed by atoms with Gasteiger partial charge in [0.15, 0.2) is 0 Å². The summed E-state index contributed by atoms with van der Waals surface area (Å²) in [5, 5.41) is 1.12. The molecule has 5 heteroatoms. The Hall–Kier alpha value is -1.55. The molecule has 4 nitrogen and oxygen atoms in total. The van der Waals surface area contributed by atoms with Crippen LogP contribution < -0.4 is 0 Å². The standard InChI is InChI=1S/C12H11ClN2O2/c1-17-12(16)9-6-10(13)14-11-8(9)4-5-15(11)7-2-3-7/h4-7H,2-3H2,1H3. The number of nitrogens with zero attached hydrogens (tertiary/aromatic N) is 2. The summed E-state index contributed by atoms with van der Waals surface area (Å²) in [6.45, 7) is 0. The van der Waals surface area contributed by atoms with E-state index in [-0.39, 0.29) is 5.97 Å². The van der Waals surface area contributed by atoms with Gasteiger partial charge in [-0.1, -0.05) is 11.6 Å². The van der Waals surface area contributed by atoms with Gasteiger partial charge in [0.05, 0.1) is 12.7 Å². The lowest BCUT2D eigenvalue weighted by atomic mass is 10.2. The van der Waals surface area contributed by atoms with Crippen molar-refractivity contribution in [3.8, 4) is 0 Å². The number of esters is 1. The Morgan fingerprint density at radius 2 is 2.35 bits per heavy atom. The number of ether oxygens (including phenoxy) is 1. The van der Waals surface area contributed by atoms with Crippen LogP contribution in [-0.4, -0.2) is 22.6 Å². The van der Waals surface area contributed by atoms with Crippen LogP contribution in [0.2, 0.25) is 5.15 Å². The lowest BCUT2D eigenvalue weighted by Gasteiger charge is -2.05. The Labute approximate surface area is 103 Å². The van der Waals surface area contributed by atoms with Crippen molar-refractivity contribution < 1.29 is 9.53 Å². The van der Waals surface area contributed by atoms with Crippen molar-refractivity contribution in [1.29, 1.82) is 0 Å². The summed E-state index contributed by atoms with van der Waals surface area (Å²) in [6.07, 6.45) is 4.27. The number of hydrogen-bond donors (Lipinski definition) is 0. The van der Waals surface area contributed by atoms with Gasteiger partial charge < -0.3 is 9.30 Å². The summed E-state index contributed by atoms with van der Waals surface area (Å²) >= 11 is 5.95. The largest absolute Gasteiger partial charge is 0.465 e. The Kier molecular flexibility index (Phi) is 2.33. The third-order valence-corrected chi connectivity index (χ3v) is 3.19. The van der Waals surface area contributed by atoms with Crippen LogP contribution in [-0.2, 0) is 4.74 Å². The van der Waals surface area contributed by atoms with Crippen molar-refractivity contribution in [2.24, 2.45) is 0 Å². The first-order valence-corrected chi connectivity index (χ1v) is 5.84. The second-order valence-corrected chi connectivity index (χ2v) is 4.56. The topological polar surface area (TPSA) is 44.1 Å². The maximum Gasteiger partial charge on any atom is 0.338 e. The van der Waals surface area contributed by atoms with Gasteiger partial charge in [0.25, 0.3) is 0 Å². The van der Waals surface area contributed by atoms with Gasteiger partial charge in [-0.25, -0.2) is 9.78 Å². The monoisotopic (exact) mass is 250 g/mol. The van der Waals surface area contributed by atoms with E-state index in [0.717, 1.165) is 23.9 Å². The summed E-state index contributed by atoms with van der Waals surface area (Å²) in [5.41, 5.74) is 1.24. The minimum atomic E-state index is -0.382. The van der Waals surface area contributed by atoms with Gasteiger partial charge in [-0.3, -0.25) is 0 Å². The number of hydrogen-bond acceptors (Lipinski definition) is 3. The van der Waals surface area contributed by atoms with Crippen LogP contribution in [0.1, 0.15) is 29.2 Å². The third-order valence-electron chi connectivity index (χ3n) is 3.00. The number of carbonyl (C=O) groups is 1. The molecule has 88 valence electrons. The van der Waals surface area contributed by atoms with E-state index in [1.807, 2.05) is 12.3 Å². The van der Waals surface area contributed by atoms with Gasteiger partial charge in [-0.05, 0) is 25.0 Å². The summed E-state index contributed by atoms with van der Waals surface area (Å²) in [4.78, 5) is 16.0. The summed E-state index contributed by atoms with van der Waals surface area (Å²) < 4.78 is 6.83. The van der Waals surface area contributed by atoms with Crippen LogP contribution in [0.5, 0.6) is 0 Å². The third kappa shape index (κ3) is 1.69. The highest BCUT2D eigenvalue weighted by atomic mass is 35.5. The van der Waals surface area contributed by atoms with Crippen molar-refractivity contribution in [1.82, 2.24) is 9.55 Å². The zero-order chi connectivity index (χ0) is 12.0. The van der Waals surface area contributed by atoms with Crippen LogP contribution in [0.25, 0.3) is 11.0 Å². The van der Waals surface area contributed by atoms with Crippen LogP contribution in [0, 0.1) is 0 Å². The maximum absolute atomic E-state index is 11.7. The van der Waals surface area contributed by atoms with Gasteiger partial charge in [0, 0.05) is 17.6 Å². The molecular formula is C12H11ClN2O2. The lowest BCUT2D eigenvalue weighted by Crippen LogP contribution is -2.03. The molecule has 0 aromatic carbocycles. The fourth-order valence-electron chi connectivity index (χ4n) is 2.02. The van der Waals surface area contributed by atoms with Gasteiger partial charge in [-0.15, -0.1) is 0 Å². The Balaban J connectivity index is 2.25. The smallest absolute Gasteiger partial charge is 0.338 e. The average Bonchev–Trinajstić information content (AvgIpc) is 3.08. The number of pyridine rings is 1. The van der Waals surface area contributed by atoms with Gasteiger partial charge in [0.1, 0.15) is 10.8 Å². The minimum absolute atomic E-state index is 0.318. The number of fused-ring (bicyclic) bond motifs is 1. The molecule has 1 saturated carbocycles. The molecule has 2 heterocycles. The first kappa shape index (κ1) is 10.6. The molecule has 0 atom stereocenters. The second kappa shape index (κ2) is 3.74. The van der Waals surface area contributed by atoms with Crippen LogP contribution in [0.15, 0.2) is 18.3 Å². The van der Waals surface area contributed by atoms with E-state index in [1.54, 1.807) is 6.07 Å². The predicted octanol–water partition coefficient (Wildman–Crippen LogP) is 2.81. The van der Waals surface area contributed by atoms with E-state index in [0.29, 0.717) is 16.8 Å². The summed E-state index contributed by atoms with van der Waals surface area (Å²) in [7, 11) is 1.36. The number of aromatic nitrogens is 2. The van der Waals surface area contributed by atoms with Gasteiger partial charge in [0.2, 0.25) is 0 Å². The Bertz CT molecular complexity index is 602. The van der Waals surface area contributed by atoms with Crippen LogP contribution in [0.3, 0.4) is 0 Å². The number of halogens is 1. The van der Waals surface area contributed by atoms with Crippen LogP contribution in [0.4, 0.5) is 0 Å². The molecule has 3 rings (SSSR count). The molecule has 2 aromatic rings. The molecule has 0 unspecified atom stereocenters. The van der Waals surface area contributed by atoms with Crippen molar-refractivity contribution in [2.45, 2.75) is 18.9 Å². The average molecular weight is 251 g/mol. The van der Waals surface area contributed by atoms with E-state index >= 15 is 0 Å². The summed E-state index contributed by atoms with van der Waals surface area (Å²) in [5.74, 6) is -0.382. The normalized spacial score (nSPS) is 15.2. The molecule has 1 aliphatic rings. The van der Waals surface area contributed by atoms with Crippen molar-refractivity contribution >= 4 is 28.6 Å². The highest BCUT2D eigenvalue weighted by molar-refractivity contribution is 6.30. The number of carbonyl (C=O) groups excluding carboxylic acids is 1. The fraction of sp³-hybridized carbons (Fsp3) is 0.333. The van der Waals surface area contributed by atoms with E-state index < -0.39 is 0 Å². The molecule has 0 spiro atoms. The molecule has 0 amide bonds. The van der Waals surface area contributed by atoms with Crippen molar-refractivity contribution in [3.63, 3.8) is 0 Å². The van der Waals surface area contributed by atoms with Gasteiger partial charge >= 0.3 is 5.97 Å². The lowest BCUT2D eigenvalue weighted by molar-refractivity contribution is 0.0603. The minimum Gasteiger partial charge on any atom is -0.465 e. The van der Waals surface area contributed by atoms with Gasteiger partial charge in [-0.2, -0.15) is 0 Å². The van der Waals surface area contributed by atoms with E-state index in [4.69, 9.17) is 16.3 Å². The molecule has 17 heavy (non-hydrogen) atoms. The van der Waals surface area contributed by atoms with Crippen LogP contribution >= 0.6 is 11.6 Å². The fourth-order valence-corrected chi connectivity index (χ4v) is 2.21. The molecule has 1 fully saturated rings. The predicted molar refractivity (Wildman–Crippen MR) is 64.4 cm³/mol. The Morgan fingerprint density at radius 1 is 1.59 bits per heavy atom. The second-order valence-electron chi connectivity index (χ2n) is 4.18. The SMILES string of the molecule is COC(=O)c1cc(Cl)nc2c1ccn2C1CC1. The first-order valence-electron chi connectivity index (χ1n) is 5.46. The molecule has 0 N–H and O–H groups in total. The molecule has 0 bridgehead atoms. The molecule has 0 radical (unpaired) electrons. The highest BCUT2D eigenvalue weighted by Crippen LogP contribution is 2.38. The zero-order valence-corrected chi connectivity index (χ0v) is 10.1. The van der Waals surface area contributed by atoms with Crippen molar-refractivity contribution in [2.75, 3.05) is 7.11 Å². The highest BCUT2D eigenvalue weighted by Gasteiger charge is 2.26. The number of methoxy groups -OCH3 is 1. The molecule has 1 aliphatic carbocycles.